The molecule has 6 N–H and O–H groups in total. The fraction of sp³-hybridized carbons (Fsp3) is 0.550. The third-order valence-corrected chi connectivity index (χ3v) is 7.48. The number of carboxylic acid groups (broad SMARTS) is 2. The van der Waals surface area contributed by atoms with Crippen molar-refractivity contribution in [1.82, 2.24) is 15.7 Å². The second-order valence-electron chi connectivity index (χ2n) is 12.9. The van der Waals surface area contributed by atoms with Crippen molar-refractivity contribution < 1.29 is 39.3 Å². The molecule has 2 atom stereocenters. The number of ketones is 1. The largest absolute Gasteiger partial charge is 0.483 e. The first-order chi connectivity index (χ1) is 24.8. The molecule has 2 fully saturated rings. The van der Waals surface area contributed by atoms with Crippen LogP contribution in [0, 0.1) is 5.41 Å². The number of Topliss-reactive ketones (excluding diaryl/α,β-unsaturated/α-hetero) is 1. The van der Waals surface area contributed by atoms with Gasteiger partial charge < -0.3 is 20.6 Å². The fourth-order valence-corrected chi connectivity index (χ4v) is 4.99. The minimum absolute atomic E-state index is 0.00963. The van der Waals surface area contributed by atoms with Crippen LogP contribution in [0.5, 0.6) is 0 Å². The number of amides is 2. The molecular weight excluding hydrogens is 664 g/mol. The van der Waals surface area contributed by atoms with E-state index in [1.165, 1.54) is 70.4 Å². The van der Waals surface area contributed by atoms with E-state index in [0.717, 1.165) is 13.0 Å². The number of para-hydroxylation sites is 1. The first-order valence-electron chi connectivity index (χ1n) is 17.8. The number of aliphatic hydroxyl groups excluding tert-OH is 1. The lowest BCUT2D eigenvalue weighted by molar-refractivity contribution is -0.124. The molecule has 1 saturated heterocycles. The van der Waals surface area contributed by atoms with Gasteiger partial charge in [-0.25, -0.2) is 4.79 Å². The maximum Gasteiger partial charge on any atom is 0.409 e. The quantitative estimate of drug-likeness (QED) is 0.0719. The third-order valence-electron chi connectivity index (χ3n) is 7.48. The van der Waals surface area contributed by atoms with Crippen LogP contribution in [0.2, 0.25) is 0 Å². The Bertz CT molecular complexity index is 1140. The van der Waals surface area contributed by atoms with Crippen LogP contribution in [0.25, 0.3) is 0 Å². The van der Waals surface area contributed by atoms with Gasteiger partial charge in [0.2, 0.25) is 6.41 Å². The molecule has 0 spiro atoms. The van der Waals surface area contributed by atoms with Gasteiger partial charge in [0.15, 0.2) is 5.78 Å². The minimum Gasteiger partial charge on any atom is -0.483 e. The molecule has 12 heteroatoms. The van der Waals surface area contributed by atoms with E-state index in [0.29, 0.717) is 24.4 Å². The Labute approximate surface area is 313 Å². The van der Waals surface area contributed by atoms with Gasteiger partial charge in [0.05, 0.1) is 6.04 Å². The molecule has 2 aliphatic rings. The molecule has 2 aromatic carbocycles. The van der Waals surface area contributed by atoms with E-state index in [9.17, 15) is 14.4 Å². The van der Waals surface area contributed by atoms with Crippen LogP contribution < -0.4 is 16.1 Å². The van der Waals surface area contributed by atoms with Crippen molar-refractivity contribution in [2.45, 2.75) is 117 Å². The monoisotopic (exact) mass is 733 g/mol. The molecule has 52 heavy (non-hydrogen) atoms. The molecule has 1 heterocycles. The number of rotatable bonds is 12. The van der Waals surface area contributed by atoms with Crippen molar-refractivity contribution in [3.05, 3.63) is 79.4 Å². The molecule has 1 aliphatic carbocycles. The van der Waals surface area contributed by atoms with E-state index in [2.05, 4.69) is 85.4 Å². The molecule has 12 nitrogen and oxygen atoms in total. The zero-order chi connectivity index (χ0) is 40.4. The van der Waals surface area contributed by atoms with Gasteiger partial charge in [-0.3, -0.25) is 29.4 Å². The van der Waals surface area contributed by atoms with Gasteiger partial charge >= 0.3 is 6.09 Å². The summed E-state index contributed by atoms with van der Waals surface area (Å²) in [6.07, 6.45) is 10.1. The summed E-state index contributed by atoms with van der Waals surface area (Å²) in [4.78, 5) is 47.3. The van der Waals surface area contributed by atoms with E-state index in [-0.39, 0.29) is 23.7 Å². The fourth-order valence-electron chi connectivity index (χ4n) is 4.99. The van der Waals surface area contributed by atoms with Crippen molar-refractivity contribution >= 4 is 30.4 Å². The molecule has 2 unspecified atom stereocenters. The van der Waals surface area contributed by atoms with E-state index >= 15 is 0 Å². The molecule has 2 aromatic rings. The molecule has 0 radical (unpaired) electrons. The SMILES string of the molecule is C=C.CC(=O)C(NC=O)C(C)(C)C.CCCC(CCC)c1ccccc1.CN1CCCC1ONC1CC1.CO.O=C(O)Nc1ccccc1.O=CO. The Morgan fingerprint density at radius 1 is 0.942 bits per heavy atom. The van der Waals surface area contributed by atoms with Crippen molar-refractivity contribution in [2.75, 3.05) is 26.0 Å². The first kappa shape index (κ1) is 52.3. The summed E-state index contributed by atoms with van der Waals surface area (Å²) in [6, 6.07) is 19.9. The van der Waals surface area contributed by atoms with Crippen LogP contribution in [-0.4, -0.2) is 84.0 Å². The standard InChI is InChI=1S/C13H20.C8H16N2O.C8H15NO2.C7H7NO2.C2H4.CH2O2.CH4O/c1-3-8-12(9-4-2)13-10-6-5-7-11-13;1-10-6-2-3-8(10)11-9-7-4-5-7;1-6(11)7(9-5-10)8(2,3)4;9-7(10)8-6-4-2-1-3-5-6;1-2;2-1-3;1-2/h5-7,10-12H,3-4,8-9H2,1-2H3;7-9H,2-6H2,1H3;5,7H,1-4H3,(H,9,10);1-5,8H,(H,9,10);1-2H2;1H,(H,2,3);2H,1H3. The van der Waals surface area contributed by atoms with Crippen molar-refractivity contribution in [3.8, 4) is 0 Å². The third kappa shape index (κ3) is 28.6. The summed E-state index contributed by atoms with van der Waals surface area (Å²) in [5.74, 6) is 0.779. The van der Waals surface area contributed by atoms with Gasteiger partial charge in [-0.1, -0.05) is 96.0 Å². The predicted molar refractivity (Wildman–Crippen MR) is 211 cm³/mol. The number of hydrogen-bond donors (Lipinski definition) is 6. The Morgan fingerprint density at radius 2 is 1.42 bits per heavy atom. The number of nitrogens with zero attached hydrogens (tertiary/aromatic N) is 1. The maximum atomic E-state index is 11.0. The highest BCUT2D eigenvalue weighted by atomic mass is 16.7. The highest BCUT2D eigenvalue weighted by molar-refractivity contribution is 5.84. The van der Waals surface area contributed by atoms with Crippen LogP contribution in [-0.2, 0) is 19.2 Å². The molecular formula is C40H68N4O8. The van der Waals surface area contributed by atoms with Crippen LogP contribution in [0.3, 0.4) is 0 Å². The van der Waals surface area contributed by atoms with Crippen molar-refractivity contribution in [3.63, 3.8) is 0 Å². The highest BCUT2D eigenvalue weighted by Crippen LogP contribution is 2.25. The van der Waals surface area contributed by atoms with Gasteiger partial charge in [-0.2, -0.15) is 5.48 Å². The van der Waals surface area contributed by atoms with E-state index in [1.807, 2.05) is 26.8 Å². The zero-order valence-corrected chi connectivity index (χ0v) is 32.8. The molecule has 4 rings (SSSR count). The van der Waals surface area contributed by atoms with Gasteiger partial charge in [0, 0.05) is 25.4 Å². The highest BCUT2D eigenvalue weighted by Gasteiger charge is 2.28. The van der Waals surface area contributed by atoms with Crippen molar-refractivity contribution in [2.24, 2.45) is 5.41 Å². The molecule has 0 aromatic heterocycles. The lowest BCUT2D eigenvalue weighted by Gasteiger charge is -2.27. The number of hydroxylamine groups is 1. The number of benzene rings is 2. The van der Waals surface area contributed by atoms with E-state index in [1.54, 1.807) is 24.3 Å². The molecule has 296 valence electrons. The van der Waals surface area contributed by atoms with E-state index in [4.69, 9.17) is 25.0 Å². The number of aliphatic hydroxyl groups is 1. The Hall–Kier alpha value is -4.10. The number of carbonyl (C=O) groups excluding carboxylic acids is 2. The lowest BCUT2D eigenvalue weighted by Crippen LogP contribution is -2.44. The summed E-state index contributed by atoms with van der Waals surface area (Å²) in [7, 11) is 3.12. The smallest absolute Gasteiger partial charge is 0.409 e. The lowest BCUT2D eigenvalue weighted by atomic mass is 9.85. The van der Waals surface area contributed by atoms with Crippen LogP contribution in [0.4, 0.5) is 10.5 Å². The van der Waals surface area contributed by atoms with Gasteiger partial charge in [-0.15, -0.1) is 13.2 Å². The molecule has 0 bridgehead atoms. The van der Waals surface area contributed by atoms with Gasteiger partial charge in [-0.05, 0) is 81.5 Å². The molecule has 1 saturated carbocycles. The van der Waals surface area contributed by atoms with Crippen LogP contribution in [0.1, 0.15) is 104 Å². The number of hydrogen-bond acceptors (Lipinski definition) is 8. The van der Waals surface area contributed by atoms with Crippen LogP contribution in [0.15, 0.2) is 73.8 Å². The minimum atomic E-state index is -1.04. The Balaban J connectivity index is -0.000000583. The second kappa shape index (κ2) is 34.0. The number of likely N-dealkylation sites (tertiary alicyclic amines) is 1. The normalized spacial score (nSPS) is 14.7. The zero-order valence-electron chi connectivity index (χ0n) is 32.8. The number of carbonyl (C=O) groups is 4. The molecule has 1 aliphatic heterocycles. The molecule has 2 amide bonds. The Morgan fingerprint density at radius 3 is 1.75 bits per heavy atom. The summed E-state index contributed by atoms with van der Waals surface area (Å²) in [5.41, 5.74) is 5.00. The Kier molecular flexibility index (Phi) is 34.2. The summed E-state index contributed by atoms with van der Waals surface area (Å²) in [6.45, 7) is 18.7. The summed E-state index contributed by atoms with van der Waals surface area (Å²) < 4.78 is 0. The topological polar surface area (TPSA) is 178 Å². The maximum absolute atomic E-state index is 11.0. The average molecular weight is 733 g/mol. The second-order valence-corrected chi connectivity index (χ2v) is 12.9. The average Bonchev–Trinajstić information content (AvgIpc) is 3.87. The number of anilines is 1. The van der Waals surface area contributed by atoms with Gasteiger partial charge in [0.1, 0.15) is 6.23 Å². The van der Waals surface area contributed by atoms with Crippen LogP contribution >= 0.6 is 0 Å². The van der Waals surface area contributed by atoms with Gasteiger partial charge in [0.25, 0.3) is 6.47 Å². The first-order valence-corrected chi connectivity index (χ1v) is 17.8. The predicted octanol–water partition coefficient (Wildman–Crippen LogP) is 7.72. The number of nitrogens with one attached hydrogen (secondary N) is 3. The summed E-state index contributed by atoms with van der Waals surface area (Å²) >= 11 is 0. The van der Waals surface area contributed by atoms with E-state index < -0.39 is 6.09 Å². The summed E-state index contributed by atoms with van der Waals surface area (Å²) in [5, 5.41) is 26.9. The van der Waals surface area contributed by atoms with Crippen molar-refractivity contribution in [1.29, 1.82) is 0 Å².